The number of hydrogen-bond acceptors (Lipinski definition) is 14. The molecule has 4 saturated carbocycles. The molecular formula is C48H53FN8O6S2. The maximum absolute atomic E-state index is 14.4. The average molecular weight is 921 g/mol. The Bertz CT molecular complexity index is 2950. The highest BCUT2D eigenvalue weighted by molar-refractivity contribution is 7.86. The van der Waals surface area contributed by atoms with Gasteiger partial charge in [-0.2, -0.15) is 13.5 Å². The zero-order valence-corrected chi connectivity index (χ0v) is 39.2. The van der Waals surface area contributed by atoms with Gasteiger partial charge >= 0.3 is 5.97 Å². The summed E-state index contributed by atoms with van der Waals surface area (Å²) in [6, 6.07) is 15.3. The number of ether oxygens (including phenoxy) is 2. The lowest BCUT2D eigenvalue weighted by atomic mass is 9.39. The van der Waals surface area contributed by atoms with Gasteiger partial charge in [0.25, 0.3) is 10.1 Å². The summed E-state index contributed by atoms with van der Waals surface area (Å²) in [6.07, 6.45) is 9.29. The first-order valence-electron chi connectivity index (χ1n) is 22.2. The molecule has 65 heavy (non-hydrogen) atoms. The molecule has 11 rings (SSSR count). The molecule has 340 valence electrons. The Morgan fingerprint density at radius 1 is 0.908 bits per heavy atom. The number of fused-ring (bicyclic) bond motifs is 2. The molecular weight excluding hydrogens is 868 g/mol. The fraction of sp³-hybridized carbons (Fsp3) is 0.458. The lowest BCUT2D eigenvalue weighted by Crippen LogP contribution is -2.64. The van der Waals surface area contributed by atoms with E-state index in [9.17, 15) is 17.6 Å². The highest BCUT2D eigenvalue weighted by Gasteiger charge is 2.66. The van der Waals surface area contributed by atoms with Crippen LogP contribution in [0.25, 0.3) is 21.3 Å². The highest BCUT2D eigenvalue weighted by atomic mass is 32.2. The van der Waals surface area contributed by atoms with E-state index < -0.39 is 21.7 Å². The minimum Gasteiger partial charge on any atom is -0.464 e. The Hall–Kier alpha value is -5.36. The van der Waals surface area contributed by atoms with Gasteiger partial charge < -0.3 is 19.7 Å². The van der Waals surface area contributed by atoms with Gasteiger partial charge in [-0.05, 0) is 125 Å². The number of hydrogen-bond donors (Lipinski definition) is 1. The number of rotatable bonds is 13. The molecule has 1 N–H and O–H groups in total. The summed E-state index contributed by atoms with van der Waals surface area (Å²) in [5.41, 5.74) is 5.60. The van der Waals surface area contributed by atoms with Gasteiger partial charge in [-0.15, -0.1) is 10.2 Å². The van der Waals surface area contributed by atoms with Crippen molar-refractivity contribution in [3.05, 3.63) is 94.7 Å². The van der Waals surface area contributed by atoms with Gasteiger partial charge in [0.2, 0.25) is 0 Å². The summed E-state index contributed by atoms with van der Waals surface area (Å²) in [5, 5.41) is 17.9. The molecule has 17 heteroatoms. The largest absolute Gasteiger partial charge is 0.464 e. The fourth-order valence-electron chi connectivity index (χ4n) is 12.6. The summed E-state index contributed by atoms with van der Waals surface area (Å²) in [5.74, 6) is 0.886. The fourth-order valence-corrected chi connectivity index (χ4v) is 14.3. The van der Waals surface area contributed by atoms with Crippen LogP contribution in [-0.2, 0) is 36.7 Å². The van der Waals surface area contributed by atoms with E-state index in [1.165, 1.54) is 24.5 Å². The lowest BCUT2D eigenvalue weighted by molar-refractivity contribution is -0.249. The van der Waals surface area contributed by atoms with Crippen LogP contribution in [0.2, 0.25) is 0 Å². The Balaban J connectivity index is 0.885. The van der Waals surface area contributed by atoms with Crippen LogP contribution >= 0.6 is 11.3 Å². The number of methoxy groups -OCH3 is 1. The third-order valence-electron chi connectivity index (χ3n) is 14.1. The van der Waals surface area contributed by atoms with Crippen LogP contribution in [0.15, 0.2) is 65.7 Å². The van der Waals surface area contributed by atoms with Gasteiger partial charge in [0.1, 0.15) is 11.6 Å². The maximum atomic E-state index is 14.4. The number of carbonyl (C=O) groups excluding carboxylic acids is 1. The normalized spacial score (nSPS) is 24.7. The predicted molar refractivity (Wildman–Crippen MR) is 246 cm³/mol. The number of carbonyl (C=O) groups is 1. The molecule has 5 aliphatic rings. The van der Waals surface area contributed by atoms with Crippen molar-refractivity contribution in [3.63, 3.8) is 0 Å². The van der Waals surface area contributed by atoms with Crippen LogP contribution in [0, 0.1) is 42.8 Å². The van der Waals surface area contributed by atoms with Gasteiger partial charge in [0.05, 0.1) is 47.2 Å². The van der Waals surface area contributed by atoms with Gasteiger partial charge in [-0.25, -0.2) is 19.2 Å². The standard InChI is InChI=1S/C48H53FN8O6S2/c1-29-12-14-32(15-13-29)65(59,60)63-20-19-62-48-25-45(4)22-46(5,26-48)24-47(23-45,27-48)28-57-31(3)35(21-50-57)34-16-17-38(52-39(34)43(58)61-6)56-18-8-9-33-30(2)41(54-55-42(33)56)53-44-51-37-11-7-10-36(49)40(37)64-44/h7,10-17,21H,8-9,18-20,22-28H2,1-6H3,(H,51,53,54). The third-order valence-corrected chi connectivity index (χ3v) is 16.4. The smallest absolute Gasteiger partial charge is 0.357 e. The third kappa shape index (κ3) is 7.97. The van der Waals surface area contributed by atoms with E-state index in [4.69, 9.17) is 23.7 Å². The van der Waals surface area contributed by atoms with Crippen molar-refractivity contribution in [2.75, 3.05) is 37.1 Å². The average Bonchev–Trinajstić information content (AvgIpc) is 3.84. The Morgan fingerprint density at radius 2 is 1.68 bits per heavy atom. The Labute approximate surface area is 382 Å². The minimum absolute atomic E-state index is 0.0546. The van der Waals surface area contributed by atoms with Crippen molar-refractivity contribution in [3.8, 4) is 11.1 Å². The Morgan fingerprint density at radius 3 is 2.42 bits per heavy atom. The topological polar surface area (TPSA) is 164 Å². The molecule has 4 aliphatic carbocycles. The van der Waals surface area contributed by atoms with Crippen molar-refractivity contribution in [1.29, 1.82) is 0 Å². The van der Waals surface area contributed by atoms with Crippen LogP contribution in [0.4, 0.5) is 27.0 Å². The van der Waals surface area contributed by atoms with E-state index in [-0.39, 0.29) is 45.9 Å². The number of aromatic nitrogens is 6. The van der Waals surface area contributed by atoms with Crippen LogP contribution < -0.4 is 10.2 Å². The minimum atomic E-state index is -3.90. The van der Waals surface area contributed by atoms with E-state index in [0.29, 0.717) is 51.5 Å². The number of benzene rings is 2. The summed E-state index contributed by atoms with van der Waals surface area (Å²) in [4.78, 5) is 25.2. The molecule has 2 unspecified atom stereocenters. The number of aryl methyl sites for hydroxylation is 1. The number of thiazole rings is 1. The molecule has 0 amide bonds. The number of halogens is 1. The molecule has 4 fully saturated rings. The summed E-state index contributed by atoms with van der Waals surface area (Å²) in [7, 11) is -2.54. The Kier molecular flexibility index (Phi) is 10.7. The zero-order chi connectivity index (χ0) is 45.5. The zero-order valence-electron chi connectivity index (χ0n) is 37.5. The SMILES string of the molecule is COC(=O)c1nc(N2CCCc3c2nnc(Nc2nc4cccc(F)c4s2)c3C)ccc1-c1cnn(CC23CC4(C)CC(C)(C2)CC(OCCOS(=O)(=O)c2ccc(C)cc2)(C4)C3)c1C. The molecule has 0 spiro atoms. The number of nitrogens with one attached hydrogen (secondary N) is 1. The van der Waals surface area contributed by atoms with Crippen molar-refractivity contribution >= 4 is 60.2 Å². The molecule has 14 nitrogen and oxygen atoms in total. The molecule has 2 aromatic carbocycles. The second-order valence-corrected chi connectivity index (χ2v) is 22.2. The molecule has 5 heterocycles. The van der Waals surface area contributed by atoms with Crippen molar-refractivity contribution < 1.29 is 31.3 Å². The van der Waals surface area contributed by atoms with Gasteiger partial charge in [0.15, 0.2) is 22.5 Å². The second kappa shape index (κ2) is 15.9. The molecule has 0 saturated heterocycles. The number of nitrogens with zero attached hydrogens (tertiary/aromatic N) is 7. The monoisotopic (exact) mass is 920 g/mol. The van der Waals surface area contributed by atoms with E-state index >= 15 is 0 Å². The maximum Gasteiger partial charge on any atom is 0.357 e. The van der Waals surface area contributed by atoms with Crippen LogP contribution in [-0.4, -0.2) is 76.8 Å². The summed E-state index contributed by atoms with van der Waals surface area (Å²) < 4.78 is 60.4. The first-order chi connectivity index (χ1) is 31.0. The quantitative estimate of drug-likeness (QED) is 0.0663. The number of esters is 1. The van der Waals surface area contributed by atoms with Crippen LogP contribution in [0.5, 0.6) is 0 Å². The molecule has 0 radical (unpaired) electrons. The first-order valence-corrected chi connectivity index (χ1v) is 24.4. The first kappa shape index (κ1) is 43.5. The van der Waals surface area contributed by atoms with Gasteiger partial charge in [0, 0.05) is 41.0 Å². The molecule has 1 aliphatic heterocycles. The van der Waals surface area contributed by atoms with Crippen LogP contribution in [0.1, 0.15) is 91.7 Å². The summed E-state index contributed by atoms with van der Waals surface area (Å²) in [6.45, 7) is 12.1. The highest BCUT2D eigenvalue weighted by Crippen LogP contribution is 2.72. The van der Waals surface area contributed by atoms with E-state index in [1.54, 1.807) is 36.4 Å². The number of pyridine rings is 1. The predicted octanol–water partition coefficient (Wildman–Crippen LogP) is 9.56. The molecule has 2 atom stereocenters. The van der Waals surface area contributed by atoms with Crippen molar-refractivity contribution in [2.24, 2.45) is 16.2 Å². The molecule has 4 aromatic heterocycles. The summed E-state index contributed by atoms with van der Waals surface area (Å²) >= 11 is 1.23. The molecule has 6 aromatic rings. The molecule has 4 bridgehead atoms. The van der Waals surface area contributed by atoms with E-state index in [0.717, 1.165) is 79.3 Å². The van der Waals surface area contributed by atoms with Crippen molar-refractivity contribution in [1.82, 2.24) is 29.9 Å². The van der Waals surface area contributed by atoms with E-state index in [1.807, 2.05) is 44.0 Å². The second-order valence-electron chi connectivity index (χ2n) is 19.6. The van der Waals surface area contributed by atoms with Gasteiger partial charge in [-0.3, -0.25) is 8.86 Å². The van der Waals surface area contributed by atoms with Crippen molar-refractivity contribution in [2.45, 2.75) is 103 Å². The van der Waals surface area contributed by atoms with E-state index in [2.05, 4.69) is 39.0 Å². The van der Waals surface area contributed by atoms with Gasteiger partial charge in [-0.1, -0.05) is 48.9 Å². The number of anilines is 4. The van der Waals surface area contributed by atoms with Crippen LogP contribution in [0.3, 0.4) is 0 Å². The lowest BCUT2D eigenvalue weighted by Gasteiger charge is -2.69.